The molecule has 84 valence electrons. The molecule has 0 radical (unpaired) electrons. The summed E-state index contributed by atoms with van der Waals surface area (Å²) >= 11 is 1.79. The quantitative estimate of drug-likeness (QED) is 0.784. The molecule has 1 rings (SSSR count). The Morgan fingerprint density at radius 1 is 1.60 bits per heavy atom. The number of aryl methyl sites for hydroxylation is 1. The molecule has 0 spiro atoms. The van der Waals surface area contributed by atoms with Crippen molar-refractivity contribution in [2.75, 3.05) is 6.54 Å². The predicted octanol–water partition coefficient (Wildman–Crippen LogP) is 2.44. The van der Waals surface area contributed by atoms with Gasteiger partial charge in [0.2, 0.25) is 0 Å². The summed E-state index contributed by atoms with van der Waals surface area (Å²) < 4.78 is 0. The molecule has 1 aromatic rings. The van der Waals surface area contributed by atoms with Crippen molar-refractivity contribution >= 4 is 17.3 Å². The molecule has 1 aromatic heterocycles. The van der Waals surface area contributed by atoms with E-state index in [1.807, 2.05) is 0 Å². The highest BCUT2D eigenvalue weighted by Gasteiger charge is 2.07. The third-order valence-corrected chi connectivity index (χ3v) is 3.66. The van der Waals surface area contributed by atoms with Crippen LogP contribution < -0.4 is 5.32 Å². The Kier molecular flexibility index (Phi) is 4.78. The average Bonchev–Trinajstić information content (AvgIpc) is 2.65. The predicted molar refractivity (Wildman–Crippen MR) is 62.4 cm³/mol. The van der Waals surface area contributed by atoms with Crippen molar-refractivity contribution in [3.05, 3.63) is 21.9 Å². The smallest absolute Gasteiger partial charge is 0.304 e. The minimum absolute atomic E-state index is 0.177. The van der Waals surface area contributed by atoms with Gasteiger partial charge in [0.05, 0.1) is 6.42 Å². The van der Waals surface area contributed by atoms with Gasteiger partial charge in [-0.25, -0.2) is 0 Å². The van der Waals surface area contributed by atoms with Crippen molar-refractivity contribution in [3.63, 3.8) is 0 Å². The van der Waals surface area contributed by atoms with Gasteiger partial charge in [0, 0.05) is 22.3 Å². The number of thiophene rings is 1. The number of carboxylic acid groups (broad SMARTS) is 1. The van der Waals surface area contributed by atoms with Gasteiger partial charge in [-0.3, -0.25) is 4.79 Å². The SMILES string of the molecule is CCc1ccc(C(C)NCCC(=O)O)s1. The fourth-order valence-corrected chi connectivity index (χ4v) is 2.29. The lowest BCUT2D eigenvalue weighted by Gasteiger charge is -2.10. The molecule has 0 saturated carbocycles. The zero-order valence-electron chi connectivity index (χ0n) is 9.12. The van der Waals surface area contributed by atoms with Gasteiger partial charge >= 0.3 is 5.97 Å². The molecule has 0 aliphatic carbocycles. The average molecular weight is 227 g/mol. The standard InChI is InChI=1S/C11H17NO2S/c1-3-9-4-5-10(15-9)8(2)12-7-6-11(13)14/h4-5,8,12H,3,6-7H2,1-2H3,(H,13,14). The number of carboxylic acids is 1. The first-order chi connectivity index (χ1) is 7.13. The molecule has 0 bridgehead atoms. The van der Waals surface area contributed by atoms with Gasteiger partial charge < -0.3 is 10.4 Å². The number of hydrogen-bond donors (Lipinski definition) is 2. The van der Waals surface area contributed by atoms with E-state index in [4.69, 9.17) is 5.11 Å². The van der Waals surface area contributed by atoms with Crippen LogP contribution in [0.15, 0.2) is 12.1 Å². The Morgan fingerprint density at radius 3 is 2.87 bits per heavy atom. The number of aliphatic carboxylic acids is 1. The summed E-state index contributed by atoms with van der Waals surface area (Å²) in [6, 6.07) is 4.49. The highest BCUT2D eigenvalue weighted by molar-refractivity contribution is 7.12. The Morgan fingerprint density at radius 2 is 2.33 bits per heavy atom. The highest BCUT2D eigenvalue weighted by atomic mass is 32.1. The van der Waals surface area contributed by atoms with Crippen molar-refractivity contribution in [1.82, 2.24) is 5.32 Å². The van der Waals surface area contributed by atoms with Crippen LogP contribution in [0.5, 0.6) is 0 Å². The lowest BCUT2D eigenvalue weighted by atomic mass is 10.2. The summed E-state index contributed by atoms with van der Waals surface area (Å²) in [4.78, 5) is 13.0. The van der Waals surface area contributed by atoms with Crippen molar-refractivity contribution in [3.8, 4) is 0 Å². The Labute approximate surface area is 94.1 Å². The molecule has 1 heterocycles. The van der Waals surface area contributed by atoms with E-state index < -0.39 is 5.97 Å². The second kappa shape index (κ2) is 5.88. The molecular weight excluding hydrogens is 210 g/mol. The third kappa shape index (κ3) is 4.01. The molecule has 2 N–H and O–H groups in total. The van der Waals surface area contributed by atoms with Crippen LogP contribution in [0.25, 0.3) is 0 Å². The van der Waals surface area contributed by atoms with Crippen molar-refractivity contribution in [1.29, 1.82) is 0 Å². The first kappa shape index (κ1) is 12.2. The molecule has 4 heteroatoms. The molecule has 0 aliphatic rings. The Balaban J connectivity index is 2.39. The van der Waals surface area contributed by atoms with Crippen LogP contribution >= 0.6 is 11.3 Å². The molecule has 15 heavy (non-hydrogen) atoms. The van der Waals surface area contributed by atoms with Crippen LogP contribution in [0, 0.1) is 0 Å². The molecule has 0 saturated heterocycles. The zero-order chi connectivity index (χ0) is 11.3. The number of nitrogens with one attached hydrogen (secondary N) is 1. The largest absolute Gasteiger partial charge is 0.481 e. The molecule has 1 atom stereocenters. The van der Waals surface area contributed by atoms with Crippen LogP contribution in [0.2, 0.25) is 0 Å². The lowest BCUT2D eigenvalue weighted by Crippen LogP contribution is -2.21. The Hall–Kier alpha value is -0.870. The summed E-state index contributed by atoms with van der Waals surface area (Å²) in [6.07, 6.45) is 1.24. The van der Waals surface area contributed by atoms with E-state index >= 15 is 0 Å². The monoisotopic (exact) mass is 227 g/mol. The third-order valence-electron chi connectivity index (χ3n) is 2.25. The van der Waals surface area contributed by atoms with Crippen molar-refractivity contribution in [2.24, 2.45) is 0 Å². The summed E-state index contributed by atoms with van der Waals surface area (Å²) in [7, 11) is 0. The fourth-order valence-electron chi connectivity index (χ4n) is 1.31. The Bertz CT molecular complexity index is 322. The minimum Gasteiger partial charge on any atom is -0.481 e. The van der Waals surface area contributed by atoms with E-state index in [-0.39, 0.29) is 12.5 Å². The maximum atomic E-state index is 10.3. The number of rotatable bonds is 6. The van der Waals surface area contributed by atoms with Gasteiger partial charge in [0.1, 0.15) is 0 Å². The summed E-state index contributed by atoms with van der Waals surface area (Å²) in [6.45, 7) is 4.72. The van der Waals surface area contributed by atoms with Gasteiger partial charge in [-0.05, 0) is 25.5 Å². The van der Waals surface area contributed by atoms with E-state index in [0.717, 1.165) is 6.42 Å². The molecule has 0 aliphatic heterocycles. The first-order valence-electron chi connectivity index (χ1n) is 5.17. The molecule has 3 nitrogen and oxygen atoms in total. The summed E-state index contributed by atoms with van der Waals surface area (Å²) in [5, 5.41) is 11.7. The maximum Gasteiger partial charge on any atom is 0.304 e. The van der Waals surface area contributed by atoms with Gasteiger partial charge in [-0.2, -0.15) is 0 Å². The zero-order valence-corrected chi connectivity index (χ0v) is 9.93. The van der Waals surface area contributed by atoms with E-state index in [2.05, 4.69) is 31.3 Å². The number of hydrogen-bond acceptors (Lipinski definition) is 3. The normalized spacial score (nSPS) is 12.7. The second-order valence-corrected chi connectivity index (χ2v) is 4.68. The lowest BCUT2D eigenvalue weighted by molar-refractivity contribution is -0.136. The van der Waals surface area contributed by atoms with Gasteiger partial charge in [0.15, 0.2) is 0 Å². The molecule has 0 amide bonds. The fraction of sp³-hybridized carbons (Fsp3) is 0.545. The summed E-state index contributed by atoms with van der Waals surface area (Å²) in [5.74, 6) is -0.755. The van der Waals surface area contributed by atoms with Gasteiger partial charge in [0.25, 0.3) is 0 Å². The van der Waals surface area contributed by atoms with E-state index in [1.54, 1.807) is 11.3 Å². The van der Waals surface area contributed by atoms with E-state index in [1.165, 1.54) is 9.75 Å². The molecule has 0 fully saturated rings. The van der Waals surface area contributed by atoms with E-state index in [9.17, 15) is 4.79 Å². The van der Waals surface area contributed by atoms with Crippen LogP contribution in [0.1, 0.15) is 36.1 Å². The minimum atomic E-state index is -0.755. The topological polar surface area (TPSA) is 49.3 Å². The number of carbonyl (C=O) groups is 1. The van der Waals surface area contributed by atoms with Crippen LogP contribution in [0.4, 0.5) is 0 Å². The molecule has 0 aromatic carbocycles. The van der Waals surface area contributed by atoms with Crippen LogP contribution in [-0.4, -0.2) is 17.6 Å². The van der Waals surface area contributed by atoms with Crippen molar-refractivity contribution < 1.29 is 9.90 Å². The van der Waals surface area contributed by atoms with Gasteiger partial charge in [-0.15, -0.1) is 11.3 Å². The second-order valence-electron chi connectivity index (χ2n) is 3.48. The van der Waals surface area contributed by atoms with E-state index in [0.29, 0.717) is 6.54 Å². The van der Waals surface area contributed by atoms with Crippen LogP contribution in [0.3, 0.4) is 0 Å². The highest BCUT2D eigenvalue weighted by Crippen LogP contribution is 2.23. The first-order valence-corrected chi connectivity index (χ1v) is 5.99. The van der Waals surface area contributed by atoms with Crippen LogP contribution in [-0.2, 0) is 11.2 Å². The molecular formula is C11H17NO2S. The van der Waals surface area contributed by atoms with Gasteiger partial charge in [-0.1, -0.05) is 6.92 Å². The molecule has 1 unspecified atom stereocenters. The maximum absolute atomic E-state index is 10.3. The summed E-state index contributed by atoms with van der Waals surface area (Å²) in [5.41, 5.74) is 0. The van der Waals surface area contributed by atoms with Crippen molar-refractivity contribution in [2.45, 2.75) is 32.7 Å².